The molecule has 1 aliphatic rings. The summed E-state index contributed by atoms with van der Waals surface area (Å²) in [4.78, 5) is 2.12. The van der Waals surface area contributed by atoms with Crippen molar-refractivity contribution in [2.24, 2.45) is 11.7 Å². The lowest BCUT2D eigenvalue weighted by Gasteiger charge is -2.33. The van der Waals surface area contributed by atoms with E-state index in [2.05, 4.69) is 4.90 Å². The molecule has 0 spiro atoms. The maximum absolute atomic E-state index is 13.1. The highest BCUT2D eigenvalue weighted by Gasteiger charge is 2.22. The Hall–Kier alpha value is -1.07. The minimum atomic E-state index is -1.40. The van der Waals surface area contributed by atoms with Crippen molar-refractivity contribution in [2.45, 2.75) is 32.4 Å². The lowest BCUT2D eigenvalue weighted by Crippen LogP contribution is -2.39. The topological polar surface area (TPSA) is 29.3 Å². The van der Waals surface area contributed by atoms with Crippen molar-refractivity contribution < 1.29 is 13.2 Å². The van der Waals surface area contributed by atoms with E-state index < -0.39 is 17.5 Å². The van der Waals surface area contributed by atoms with Crippen LogP contribution in [-0.2, 0) is 6.54 Å². The third kappa shape index (κ3) is 3.48. The lowest BCUT2D eigenvalue weighted by molar-refractivity contribution is 0.165. The molecule has 1 aliphatic heterocycles. The maximum Gasteiger partial charge on any atom is 0.194 e. The van der Waals surface area contributed by atoms with Gasteiger partial charge in [0.2, 0.25) is 0 Å². The smallest absolute Gasteiger partial charge is 0.194 e. The fourth-order valence-electron chi connectivity index (χ4n) is 2.59. The van der Waals surface area contributed by atoms with Crippen molar-refractivity contribution >= 4 is 0 Å². The van der Waals surface area contributed by atoms with Crippen LogP contribution in [0, 0.1) is 23.4 Å². The minimum absolute atomic E-state index is 0.183. The van der Waals surface area contributed by atoms with E-state index in [9.17, 15) is 13.2 Å². The van der Waals surface area contributed by atoms with Crippen molar-refractivity contribution in [1.29, 1.82) is 0 Å². The molecule has 1 saturated heterocycles. The third-order valence-corrected chi connectivity index (χ3v) is 3.83. The second-order valence-electron chi connectivity index (χ2n) is 5.35. The van der Waals surface area contributed by atoms with Gasteiger partial charge in [-0.2, -0.15) is 0 Å². The Morgan fingerprint density at radius 2 is 1.74 bits per heavy atom. The second kappa shape index (κ2) is 5.92. The molecule has 0 saturated carbocycles. The molecule has 106 valence electrons. The first kappa shape index (κ1) is 14.3. The lowest BCUT2D eigenvalue weighted by atomic mass is 9.91. The van der Waals surface area contributed by atoms with Crippen molar-refractivity contribution in [1.82, 2.24) is 4.90 Å². The molecule has 2 rings (SSSR count). The Bertz CT molecular complexity index is 417. The Labute approximate surface area is 111 Å². The second-order valence-corrected chi connectivity index (χ2v) is 5.35. The van der Waals surface area contributed by atoms with Crippen LogP contribution >= 0.6 is 0 Å². The van der Waals surface area contributed by atoms with E-state index in [0.29, 0.717) is 18.0 Å². The Balaban J connectivity index is 1.96. The molecule has 0 bridgehead atoms. The number of likely N-dealkylation sites (tertiary alicyclic amines) is 1. The van der Waals surface area contributed by atoms with Gasteiger partial charge in [0.1, 0.15) is 0 Å². The van der Waals surface area contributed by atoms with Crippen LogP contribution in [0.4, 0.5) is 13.2 Å². The molecule has 1 atom stereocenters. The summed E-state index contributed by atoms with van der Waals surface area (Å²) in [6.07, 6.45) is 1.98. The zero-order valence-electron chi connectivity index (χ0n) is 11.0. The van der Waals surface area contributed by atoms with Gasteiger partial charge in [0.25, 0.3) is 0 Å². The van der Waals surface area contributed by atoms with Gasteiger partial charge in [-0.1, -0.05) is 0 Å². The van der Waals surface area contributed by atoms with E-state index >= 15 is 0 Å². The van der Waals surface area contributed by atoms with Crippen LogP contribution in [0.3, 0.4) is 0 Å². The molecular weight excluding hydrogens is 253 g/mol. The molecule has 1 aromatic carbocycles. The van der Waals surface area contributed by atoms with Gasteiger partial charge < -0.3 is 5.73 Å². The predicted molar refractivity (Wildman–Crippen MR) is 68.0 cm³/mol. The third-order valence-electron chi connectivity index (χ3n) is 3.83. The van der Waals surface area contributed by atoms with Crippen molar-refractivity contribution in [3.63, 3.8) is 0 Å². The number of hydrogen-bond donors (Lipinski definition) is 1. The molecule has 1 aromatic rings. The van der Waals surface area contributed by atoms with Gasteiger partial charge in [0.15, 0.2) is 17.5 Å². The number of nitrogens with two attached hydrogens (primary N) is 1. The standard InChI is InChI=1S/C14H19F3N2/c1-9(18)11-2-4-19(5-3-11)8-10-6-12(15)14(17)13(16)7-10/h6-7,9,11H,2-5,8,18H2,1H3. The van der Waals surface area contributed by atoms with E-state index in [1.165, 1.54) is 0 Å². The van der Waals surface area contributed by atoms with Crippen LogP contribution in [0.5, 0.6) is 0 Å². The van der Waals surface area contributed by atoms with E-state index in [1.54, 1.807) is 0 Å². The van der Waals surface area contributed by atoms with Crippen LogP contribution in [-0.4, -0.2) is 24.0 Å². The molecule has 1 fully saturated rings. The molecule has 19 heavy (non-hydrogen) atoms. The Kier molecular flexibility index (Phi) is 4.47. The molecule has 2 nitrogen and oxygen atoms in total. The number of benzene rings is 1. The zero-order valence-corrected chi connectivity index (χ0v) is 11.0. The number of piperidine rings is 1. The SMILES string of the molecule is CC(N)C1CCN(Cc2cc(F)c(F)c(F)c2)CC1. The van der Waals surface area contributed by atoms with Gasteiger partial charge in [-0.3, -0.25) is 4.90 Å². The van der Waals surface area contributed by atoms with Crippen LogP contribution in [0.15, 0.2) is 12.1 Å². The molecule has 0 radical (unpaired) electrons. The molecule has 0 amide bonds. The predicted octanol–water partition coefficient (Wildman–Crippen LogP) is 2.66. The highest BCUT2D eigenvalue weighted by Crippen LogP contribution is 2.22. The molecule has 0 aliphatic carbocycles. The summed E-state index contributed by atoms with van der Waals surface area (Å²) >= 11 is 0. The van der Waals surface area contributed by atoms with Crippen LogP contribution in [0.25, 0.3) is 0 Å². The summed E-state index contributed by atoms with van der Waals surface area (Å²) in [5, 5.41) is 0. The average molecular weight is 272 g/mol. The van der Waals surface area contributed by atoms with Gasteiger partial charge in [-0.15, -0.1) is 0 Å². The summed E-state index contributed by atoms with van der Waals surface area (Å²) in [7, 11) is 0. The monoisotopic (exact) mass is 272 g/mol. The summed E-state index contributed by atoms with van der Waals surface area (Å²) in [5.41, 5.74) is 6.33. The quantitative estimate of drug-likeness (QED) is 0.857. The normalized spacial score (nSPS) is 19.6. The first-order valence-electron chi connectivity index (χ1n) is 6.58. The van der Waals surface area contributed by atoms with Gasteiger partial charge >= 0.3 is 0 Å². The van der Waals surface area contributed by atoms with Crippen molar-refractivity contribution in [2.75, 3.05) is 13.1 Å². The van der Waals surface area contributed by atoms with Gasteiger partial charge in [-0.05, 0) is 56.5 Å². The number of hydrogen-bond acceptors (Lipinski definition) is 2. The van der Waals surface area contributed by atoms with E-state index in [0.717, 1.165) is 38.1 Å². The molecule has 1 heterocycles. The number of nitrogens with zero attached hydrogens (tertiary/aromatic N) is 1. The summed E-state index contributed by atoms with van der Waals surface area (Å²) < 4.78 is 39.1. The van der Waals surface area contributed by atoms with Gasteiger partial charge in [-0.25, -0.2) is 13.2 Å². The van der Waals surface area contributed by atoms with Crippen molar-refractivity contribution in [3.05, 3.63) is 35.1 Å². The van der Waals surface area contributed by atoms with Gasteiger partial charge in [0.05, 0.1) is 0 Å². The maximum atomic E-state index is 13.1. The first-order chi connectivity index (χ1) is 8.97. The number of halogens is 3. The van der Waals surface area contributed by atoms with Crippen LogP contribution in [0.1, 0.15) is 25.3 Å². The molecular formula is C14H19F3N2. The van der Waals surface area contributed by atoms with E-state index in [4.69, 9.17) is 5.73 Å². The van der Waals surface area contributed by atoms with Crippen molar-refractivity contribution in [3.8, 4) is 0 Å². The van der Waals surface area contributed by atoms with E-state index in [-0.39, 0.29) is 6.04 Å². The highest BCUT2D eigenvalue weighted by molar-refractivity contribution is 5.19. The number of rotatable bonds is 3. The zero-order chi connectivity index (χ0) is 14.0. The molecule has 0 aromatic heterocycles. The summed E-state index contributed by atoms with van der Waals surface area (Å²) in [5.74, 6) is -3.14. The largest absolute Gasteiger partial charge is 0.328 e. The summed E-state index contributed by atoms with van der Waals surface area (Å²) in [6, 6.07) is 2.31. The average Bonchev–Trinajstić information content (AvgIpc) is 2.36. The molecule has 5 heteroatoms. The molecule has 1 unspecified atom stereocenters. The van der Waals surface area contributed by atoms with Crippen LogP contribution < -0.4 is 5.73 Å². The summed E-state index contributed by atoms with van der Waals surface area (Å²) in [6.45, 7) is 4.16. The van der Waals surface area contributed by atoms with Crippen LogP contribution in [0.2, 0.25) is 0 Å². The minimum Gasteiger partial charge on any atom is -0.328 e. The van der Waals surface area contributed by atoms with Gasteiger partial charge in [0, 0.05) is 12.6 Å². The van der Waals surface area contributed by atoms with E-state index in [1.807, 2.05) is 6.92 Å². The Morgan fingerprint density at radius 1 is 1.21 bits per heavy atom. The fourth-order valence-corrected chi connectivity index (χ4v) is 2.59. The fraction of sp³-hybridized carbons (Fsp3) is 0.571. The molecule has 2 N–H and O–H groups in total. The first-order valence-corrected chi connectivity index (χ1v) is 6.58. The highest BCUT2D eigenvalue weighted by atomic mass is 19.2. The Morgan fingerprint density at radius 3 is 2.21 bits per heavy atom.